The van der Waals surface area contributed by atoms with Crippen LogP contribution in [0.25, 0.3) is 0 Å². The van der Waals surface area contributed by atoms with Crippen molar-refractivity contribution in [2.45, 2.75) is 38.8 Å². The van der Waals surface area contributed by atoms with E-state index in [4.69, 9.17) is 9.47 Å². The Kier molecular flexibility index (Phi) is 5.86. The number of aromatic nitrogens is 1. The van der Waals surface area contributed by atoms with Crippen molar-refractivity contribution in [3.63, 3.8) is 0 Å². The molecule has 0 aliphatic carbocycles. The van der Waals surface area contributed by atoms with Gasteiger partial charge in [0.15, 0.2) is 0 Å². The molecule has 2 saturated heterocycles. The average molecular weight is 319 g/mol. The van der Waals surface area contributed by atoms with Crippen molar-refractivity contribution >= 4 is 5.82 Å². The standard InChI is InChI=1S/C18H29N3O2/c1-15-5-3-7-18(19-15)21-9-8-20(16(2)13-21)10-12-22-14-17-6-4-11-23-17/h3,5,7,16-17H,4,6,8-14H2,1-2H3/t16-,17-/m1/s1. The summed E-state index contributed by atoms with van der Waals surface area (Å²) in [5.74, 6) is 1.10. The number of aryl methyl sites for hydroxylation is 1. The third-order valence-corrected chi connectivity index (χ3v) is 4.81. The van der Waals surface area contributed by atoms with Gasteiger partial charge in [0.05, 0.1) is 19.3 Å². The summed E-state index contributed by atoms with van der Waals surface area (Å²) in [6, 6.07) is 6.78. The molecule has 3 rings (SSSR count). The number of ether oxygens (including phenoxy) is 2. The van der Waals surface area contributed by atoms with Crippen molar-refractivity contribution in [1.82, 2.24) is 9.88 Å². The van der Waals surface area contributed by atoms with Crippen molar-refractivity contribution in [3.05, 3.63) is 23.9 Å². The van der Waals surface area contributed by atoms with Crippen molar-refractivity contribution in [3.8, 4) is 0 Å². The van der Waals surface area contributed by atoms with Crippen molar-refractivity contribution in [2.24, 2.45) is 0 Å². The molecule has 3 heterocycles. The van der Waals surface area contributed by atoms with E-state index in [2.05, 4.69) is 46.8 Å². The zero-order valence-electron chi connectivity index (χ0n) is 14.4. The predicted octanol–water partition coefficient (Wildman–Crippen LogP) is 2.10. The van der Waals surface area contributed by atoms with Crippen molar-refractivity contribution < 1.29 is 9.47 Å². The molecule has 0 radical (unpaired) electrons. The Bertz CT molecular complexity index is 491. The van der Waals surface area contributed by atoms with E-state index in [-0.39, 0.29) is 0 Å². The first-order valence-corrected chi connectivity index (χ1v) is 8.84. The van der Waals surface area contributed by atoms with Gasteiger partial charge >= 0.3 is 0 Å². The van der Waals surface area contributed by atoms with Crippen LogP contribution in [0.5, 0.6) is 0 Å². The topological polar surface area (TPSA) is 37.8 Å². The van der Waals surface area contributed by atoms with Crippen LogP contribution in [0.2, 0.25) is 0 Å². The number of nitrogens with zero attached hydrogens (tertiary/aromatic N) is 3. The molecule has 5 nitrogen and oxygen atoms in total. The molecule has 23 heavy (non-hydrogen) atoms. The van der Waals surface area contributed by atoms with Gasteiger partial charge in [-0.15, -0.1) is 0 Å². The van der Waals surface area contributed by atoms with Crippen LogP contribution < -0.4 is 4.90 Å². The molecule has 0 saturated carbocycles. The van der Waals surface area contributed by atoms with Gasteiger partial charge in [0.25, 0.3) is 0 Å². The third kappa shape index (κ3) is 4.66. The zero-order chi connectivity index (χ0) is 16.1. The molecule has 0 N–H and O–H groups in total. The van der Waals surface area contributed by atoms with Crippen LogP contribution in [0.4, 0.5) is 5.82 Å². The summed E-state index contributed by atoms with van der Waals surface area (Å²) in [5.41, 5.74) is 1.08. The number of anilines is 1. The zero-order valence-corrected chi connectivity index (χ0v) is 14.4. The first-order chi connectivity index (χ1) is 11.2. The van der Waals surface area contributed by atoms with Crippen molar-refractivity contribution in [1.29, 1.82) is 0 Å². The molecule has 2 fully saturated rings. The van der Waals surface area contributed by atoms with E-state index in [0.29, 0.717) is 12.1 Å². The Hall–Kier alpha value is -1.17. The molecule has 2 atom stereocenters. The Morgan fingerprint density at radius 2 is 2.26 bits per heavy atom. The highest BCUT2D eigenvalue weighted by Gasteiger charge is 2.24. The lowest BCUT2D eigenvalue weighted by molar-refractivity contribution is 0.00680. The Morgan fingerprint density at radius 1 is 1.35 bits per heavy atom. The number of hydrogen-bond acceptors (Lipinski definition) is 5. The maximum Gasteiger partial charge on any atom is 0.128 e. The molecule has 0 bridgehead atoms. The van der Waals surface area contributed by atoms with Gasteiger partial charge in [0.1, 0.15) is 5.82 Å². The second kappa shape index (κ2) is 8.08. The summed E-state index contributed by atoms with van der Waals surface area (Å²) < 4.78 is 11.4. The number of pyridine rings is 1. The normalized spacial score (nSPS) is 25.9. The van der Waals surface area contributed by atoms with Gasteiger partial charge < -0.3 is 14.4 Å². The van der Waals surface area contributed by atoms with E-state index in [1.165, 1.54) is 6.42 Å². The number of rotatable bonds is 6. The summed E-state index contributed by atoms with van der Waals surface area (Å²) in [6.07, 6.45) is 2.66. The molecule has 1 aromatic rings. The molecule has 0 amide bonds. The lowest BCUT2D eigenvalue weighted by Gasteiger charge is -2.40. The lowest BCUT2D eigenvalue weighted by Crippen LogP contribution is -2.53. The SMILES string of the molecule is Cc1cccc(N2CCN(CCOC[C@H]3CCCO3)[C@H](C)C2)n1. The first kappa shape index (κ1) is 16.7. The molecule has 5 heteroatoms. The van der Waals surface area contributed by atoms with Crippen LogP contribution in [0, 0.1) is 6.92 Å². The molecule has 0 spiro atoms. The molecule has 1 aromatic heterocycles. The Balaban J connectivity index is 1.40. The van der Waals surface area contributed by atoms with Crippen LogP contribution in [-0.4, -0.2) is 68.0 Å². The fraction of sp³-hybridized carbons (Fsp3) is 0.722. The van der Waals surface area contributed by atoms with Crippen LogP contribution in [0.3, 0.4) is 0 Å². The van der Waals surface area contributed by atoms with E-state index in [1.807, 2.05) is 0 Å². The molecular weight excluding hydrogens is 290 g/mol. The molecule has 2 aliphatic rings. The maximum absolute atomic E-state index is 5.80. The highest BCUT2D eigenvalue weighted by Crippen LogP contribution is 2.17. The highest BCUT2D eigenvalue weighted by atomic mass is 16.5. The third-order valence-electron chi connectivity index (χ3n) is 4.81. The molecule has 2 aliphatic heterocycles. The fourth-order valence-corrected chi connectivity index (χ4v) is 3.41. The second-order valence-corrected chi connectivity index (χ2v) is 6.68. The molecule has 128 valence electrons. The Morgan fingerprint density at radius 3 is 3.00 bits per heavy atom. The highest BCUT2D eigenvalue weighted by molar-refractivity contribution is 5.40. The van der Waals surface area contributed by atoms with Crippen LogP contribution in [-0.2, 0) is 9.47 Å². The van der Waals surface area contributed by atoms with Gasteiger partial charge in [0, 0.05) is 44.5 Å². The van der Waals surface area contributed by atoms with E-state index in [1.54, 1.807) is 0 Å². The van der Waals surface area contributed by atoms with Crippen LogP contribution in [0.1, 0.15) is 25.5 Å². The van der Waals surface area contributed by atoms with Gasteiger partial charge in [-0.2, -0.15) is 0 Å². The van der Waals surface area contributed by atoms with Gasteiger partial charge in [-0.25, -0.2) is 4.98 Å². The van der Waals surface area contributed by atoms with E-state index >= 15 is 0 Å². The fourth-order valence-electron chi connectivity index (χ4n) is 3.41. The van der Waals surface area contributed by atoms with E-state index in [0.717, 1.165) is 63.9 Å². The minimum atomic E-state index is 0.330. The van der Waals surface area contributed by atoms with Crippen LogP contribution in [0.15, 0.2) is 18.2 Å². The predicted molar refractivity (Wildman–Crippen MR) is 92.0 cm³/mol. The van der Waals surface area contributed by atoms with E-state index < -0.39 is 0 Å². The van der Waals surface area contributed by atoms with Gasteiger partial charge in [0.2, 0.25) is 0 Å². The summed E-state index contributed by atoms with van der Waals surface area (Å²) in [4.78, 5) is 9.55. The largest absolute Gasteiger partial charge is 0.377 e. The first-order valence-electron chi connectivity index (χ1n) is 8.84. The molecule has 0 unspecified atom stereocenters. The van der Waals surface area contributed by atoms with Gasteiger partial charge in [-0.05, 0) is 38.8 Å². The quantitative estimate of drug-likeness (QED) is 0.751. The van der Waals surface area contributed by atoms with Gasteiger partial charge in [-0.1, -0.05) is 6.07 Å². The minimum absolute atomic E-state index is 0.330. The van der Waals surface area contributed by atoms with Gasteiger partial charge in [-0.3, -0.25) is 4.90 Å². The lowest BCUT2D eigenvalue weighted by atomic mass is 10.2. The molecule has 0 aromatic carbocycles. The molecular formula is C18H29N3O2. The Labute approximate surface area is 139 Å². The second-order valence-electron chi connectivity index (χ2n) is 6.68. The summed E-state index contributed by atoms with van der Waals surface area (Å²) >= 11 is 0. The monoisotopic (exact) mass is 319 g/mol. The van der Waals surface area contributed by atoms with Crippen molar-refractivity contribution in [2.75, 3.05) is 50.9 Å². The number of hydrogen-bond donors (Lipinski definition) is 0. The average Bonchev–Trinajstić information content (AvgIpc) is 3.06. The summed E-state index contributed by atoms with van der Waals surface area (Å²) in [5, 5.41) is 0. The van der Waals surface area contributed by atoms with Crippen LogP contribution >= 0.6 is 0 Å². The maximum atomic E-state index is 5.80. The summed E-state index contributed by atoms with van der Waals surface area (Å²) in [6.45, 7) is 10.9. The van der Waals surface area contributed by atoms with E-state index in [9.17, 15) is 0 Å². The smallest absolute Gasteiger partial charge is 0.128 e. The number of piperazine rings is 1. The summed E-state index contributed by atoms with van der Waals surface area (Å²) in [7, 11) is 0. The minimum Gasteiger partial charge on any atom is -0.377 e.